The van der Waals surface area contributed by atoms with Crippen molar-refractivity contribution in [2.24, 2.45) is 0 Å². The highest BCUT2D eigenvalue weighted by Gasteiger charge is 2.47. The van der Waals surface area contributed by atoms with Crippen LogP contribution in [-0.4, -0.2) is 48.1 Å². The van der Waals surface area contributed by atoms with Crippen molar-refractivity contribution in [3.8, 4) is 5.75 Å². The van der Waals surface area contributed by atoms with Crippen LogP contribution in [0.4, 0.5) is 0 Å². The molecule has 168 valence electrons. The molecule has 0 aromatic heterocycles. The van der Waals surface area contributed by atoms with E-state index in [0.29, 0.717) is 22.2 Å². The van der Waals surface area contributed by atoms with Gasteiger partial charge in [-0.3, -0.25) is 9.59 Å². The molecule has 1 N–H and O–H groups in total. The smallest absolute Gasteiger partial charge is 0.295 e. The van der Waals surface area contributed by atoms with E-state index in [0.717, 1.165) is 18.4 Å². The first-order valence-electron chi connectivity index (χ1n) is 10.3. The first-order chi connectivity index (χ1) is 15.3. The third kappa shape index (κ3) is 4.10. The van der Waals surface area contributed by atoms with Crippen LogP contribution in [0.3, 0.4) is 0 Å². The molecule has 0 radical (unpaired) electrons. The van der Waals surface area contributed by atoms with E-state index in [1.165, 1.54) is 12.0 Å². The van der Waals surface area contributed by atoms with E-state index in [1.807, 2.05) is 6.92 Å². The predicted molar refractivity (Wildman–Crippen MR) is 122 cm³/mol. The molecule has 2 aromatic carbocycles. The van der Waals surface area contributed by atoms with Crippen LogP contribution in [0.2, 0.25) is 10.0 Å². The van der Waals surface area contributed by atoms with Gasteiger partial charge in [0.2, 0.25) is 0 Å². The van der Waals surface area contributed by atoms with Crippen molar-refractivity contribution in [2.45, 2.75) is 31.9 Å². The van der Waals surface area contributed by atoms with E-state index in [2.05, 4.69) is 0 Å². The molecule has 0 aliphatic carbocycles. The lowest BCUT2D eigenvalue weighted by atomic mass is 9.94. The van der Waals surface area contributed by atoms with Gasteiger partial charge in [-0.15, -0.1) is 0 Å². The molecule has 2 aliphatic rings. The lowest BCUT2D eigenvalue weighted by Gasteiger charge is -2.27. The second kappa shape index (κ2) is 9.14. The molecule has 1 amide bonds. The van der Waals surface area contributed by atoms with Crippen molar-refractivity contribution in [2.75, 3.05) is 20.3 Å². The number of amides is 1. The van der Waals surface area contributed by atoms with Crippen molar-refractivity contribution >= 4 is 40.7 Å². The quantitative estimate of drug-likeness (QED) is 0.377. The van der Waals surface area contributed by atoms with E-state index in [4.69, 9.17) is 32.7 Å². The van der Waals surface area contributed by atoms with Crippen molar-refractivity contribution in [1.82, 2.24) is 4.90 Å². The fourth-order valence-electron chi connectivity index (χ4n) is 4.33. The van der Waals surface area contributed by atoms with Crippen molar-refractivity contribution in [3.05, 3.63) is 68.7 Å². The minimum Gasteiger partial charge on any atom is -0.507 e. The number of hydrogen-bond donors (Lipinski definition) is 1. The summed E-state index contributed by atoms with van der Waals surface area (Å²) < 4.78 is 11.1. The fraction of sp³-hybridized carbons (Fsp3) is 0.333. The zero-order valence-corrected chi connectivity index (χ0v) is 19.2. The maximum atomic E-state index is 13.2. The number of hydrogen-bond acceptors (Lipinski definition) is 5. The lowest BCUT2D eigenvalue weighted by Crippen LogP contribution is -2.36. The average Bonchev–Trinajstić information content (AvgIpc) is 3.36. The molecule has 6 nitrogen and oxygen atoms in total. The molecule has 0 spiro atoms. The van der Waals surface area contributed by atoms with Gasteiger partial charge in [0.25, 0.3) is 11.7 Å². The van der Waals surface area contributed by atoms with Crippen LogP contribution < -0.4 is 4.74 Å². The number of aliphatic hydroxyl groups excluding tert-OH is 1. The first kappa shape index (κ1) is 22.6. The number of nitrogens with zero attached hydrogens (tertiary/aromatic N) is 1. The largest absolute Gasteiger partial charge is 0.507 e. The Morgan fingerprint density at radius 1 is 1.22 bits per heavy atom. The second-order valence-electron chi connectivity index (χ2n) is 7.97. The normalized spacial score (nSPS) is 22.6. The van der Waals surface area contributed by atoms with E-state index in [-0.39, 0.29) is 35.3 Å². The lowest BCUT2D eigenvalue weighted by molar-refractivity contribution is -0.140. The summed E-state index contributed by atoms with van der Waals surface area (Å²) in [5.74, 6) is -1.55. The van der Waals surface area contributed by atoms with Crippen LogP contribution >= 0.6 is 23.2 Å². The van der Waals surface area contributed by atoms with E-state index >= 15 is 0 Å². The second-order valence-corrected chi connectivity index (χ2v) is 8.81. The third-order valence-corrected chi connectivity index (χ3v) is 6.33. The third-order valence-electron chi connectivity index (χ3n) is 5.80. The minimum atomic E-state index is -0.791. The molecule has 32 heavy (non-hydrogen) atoms. The maximum Gasteiger partial charge on any atom is 0.295 e. The number of halogens is 2. The Morgan fingerprint density at radius 3 is 2.56 bits per heavy atom. The summed E-state index contributed by atoms with van der Waals surface area (Å²) in [7, 11) is 1.43. The summed E-state index contributed by atoms with van der Waals surface area (Å²) in [4.78, 5) is 27.7. The highest BCUT2D eigenvalue weighted by molar-refractivity contribution is 6.46. The fourth-order valence-corrected chi connectivity index (χ4v) is 4.80. The van der Waals surface area contributed by atoms with Crippen LogP contribution in [0.5, 0.6) is 5.75 Å². The molecule has 4 rings (SSSR count). The number of aryl methyl sites for hydroxylation is 1. The number of aliphatic hydroxyl groups is 1. The van der Waals surface area contributed by atoms with Gasteiger partial charge in [0.1, 0.15) is 11.5 Å². The molecule has 2 heterocycles. The van der Waals surface area contributed by atoms with Gasteiger partial charge in [-0.05, 0) is 55.2 Å². The Hall–Kier alpha value is -2.54. The van der Waals surface area contributed by atoms with Gasteiger partial charge in [0, 0.05) is 18.2 Å². The number of carbonyl (C=O) groups is 2. The molecule has 8 heteroatoms. The summed E-state index contributed by atoms with van der Waals surface area (Å²) >= 11 is 12.4. The van der Waals surface area contributed by atoms with Gasteiger partial charge in [-0.2, -0.15) is 0 Å². The Morgan fingerprint density at radius 2 is 1.94 bits per heavy atom. The molecule has 0 saturated carbocycles. The van der Waals surface area contributed by atoms with Gasteiger partial charge in [-0.25, -0.2) is 0 Å². The highest BCUT2D eigenvalue weighted by Crippen LogP contribution is 2.43. The van der Waals surface area contributed by atoms with Crippen LogP contribution in [-0.2, 0) is 14.3 Å². The Balaban J connectivity index is 1.89. The number of ether oxygens (including phenoxy) is 2. The van der Waals surface area contributed by atoms with E-state index in [9.17, 15) is 14.7 Å². The summed E-state index contributed by atoms with van der Waals surface area (Å²) in [6, 6.07) is 9.45. The van der Waals surface area contributed by atoms with Crippen LogP contribution in [0.1, 0.15) is 35.6 Å². The summed E-state index contributed by atoms with van der Waals surface area (Å²) in [6.07, 6.45) is 1.54. The number of methoxy groups -OCH3 is 1. The number of Topliss-reactive ketones (excluding diaryl/α,β-unsaturated/α-hetero) is 1. The minimum absolute atomic E-state index is 0.0183. The van der Waals surface area contributed by atoms with Crippen LogP contribution in [0, 0.1) is 6.92 Å². The molecule has 2 saturated heterocycles. The molecule has 0 bridgehead atoms. The number of carbonyl (C=O) groups excluding carboxylic acids is 2. The first-order valence-corrected chi connectivity index (χ1v) is 11.1. The summed E-state index contributed by atoms with van der Waals surface area (Å²) in [5.41, 5.74) is 1.67. The molecular formula is C24H23Cl2NO5. The molecule has 2 fully saturated rings. The van der Waals surface area contributed by atoms with Crippen molar-refractivity contribution < 1.29 is 24.2 Å². The standard InChI is InChI=1S/C24H23Cl2NO5/c1-13-10-17(23(31-2)18(26)11-13)21(28)19-20(14-5-7-15(25)8-6-14)27(24(30)22(19)29)12-16-4-3-9-32-16/h5-8,10-11,16,20,28H,3-4,9,12H2,1-2H3/b21-19+. The average molecular weight is 476 g/mol. The molecule has 2 atom stereocenters. The monoisotopic (exact) mass is 475 g/mol. The maximum absolute atomic E-state index is 13.2. The Kier molecular flexibility index (Phi) is 6.47. The van der Waals surface area contributed by atoms with Gasteiger partial charge >= 0.3 is 0 Å². The van der Waals surface area contributed by atoms with Gasteiger partial charge in [0.15, 0.2) is 0 Å². The number of ketones is 1. The van der Waals surface area contributed by atoms with Crippen LogP contribution in [0.15, 0.2) is 42.0 Å². The SMILES string of the molecule is COc1c(Cl)cc(C)cc1/C(O)=C1\C(=O)C(=O)N(CC2CCCO2)C1c1ccc(Cl)cc1. The van der Waals surface area contributed by atoms with Crippen molar-refractivity contribution in [1.29, 1.82) is 0 Å². The summed E-state index contributed by atoms with van der Waals surface area (Å²) in [6.45, 7) is 2.69. The zero-order valence-electron chi connectivity index (χ0n) is 17.7. The topological polar surface area (TPSA) is 76.1 Å². The van der Waals surface area contributed by atoms with Crippen molar-refractivity contribution in [3.63, 3.8) is 0 Å². The van der Waals surface area contributed by atoms with Gasteiger partial charge in [0.05, 0.1) is 35.4 Å². The van der Waals surface area contributed by atoms with Crippen LogP contribution in [0.25, 0.3) is 5.76 Å². The molecule has 2 aromatic rings. The van der Waals surface area contributed by atoms with E-state index in [1.54, 1.807) is 36.4 Å². The van der Waals surface area contributed by atoms with Gasteiger partial charge < -0.3 is 19.5 Å². The molecule has 2 aliphatic heterocycles. The zero-order chi connectivity index (χ0) is 23.0. The number of rotatable bonds is 5. The number of benzene rings is 2. The highest BCUT2D eigenvalue weighted by atomic mass is 35.5. The Labute approximate surface area is 196 Å². The summed E-state index contributed by atoms with van der Waals surface area (Å²) in [5, 5.41) is 12.1. The number of likely N-dealkylation sites (tertiary alicyclic amines) is 1. The van der Waals surface area contributed by atoms with E-state index < -0.39 is 17.7 Å². The molecule has 2 unspecified atom stereocenters. The van der Waals surface area contributed by atoms with Gasteiger partial charge in [-0.1, -0.05) is 35.3 Å². The predicted octanol–water partition coefficient (Wildman–Crippen LogP) is 4.91. The molecular weight excluding hydrogens is 453 g/mol. The Bertz CT molecular complexity index is 1090.